The number of amides is 2. The molecular formula is C19H25BrN2O4. The minimum Gasteiger partial charge on any atom is -0.493 e. The maximum atomic E-state index is 12.6. The Morgan fingerprint density at radius 3 is 2.62 bits per heavy atom. The van der Waals surface area contributed by atoms with Gasteiger partial charge in [-0.05, 0) is 60.3 Å². The van der Waals surface area contributed by atoms with Gasteiger partial charge in [0.25, 0.3) is 0 Å². The Morgan fingerprint density at radius 2 is 2.00 bits per heavy atom. The van der Waals surface area contributed by atoms with E-state index in [9.17, 15) is 9.59 Å². The summed E-state index contributed by atoms with van der Waals surface area (Å²) >= 11 is 3.49. The molecule has 0 radical (unpaired) electrons. The van der Waals surface area contributed by atoms with E-state index in [0.717, 1.165) is 22.9 Å². The first kappa shape index (κ1) is 20.3. The van der Waals surface area contributed by atoms with Gasteiger partial charge in [0.05, 0.1) is 29.3 Å². The van der Waals surface area contributed by atoms with Gasteiger partial charge in [-0.2, -0.15) is 0 Å². The number of hydrogen-bond acceptors (Lipinski definition) is 4. The molecule has 0 bridgehead atoms. The normalized spacial score (nSPS) is 16.8. The van der Waals surface area contributed by atoms with Crippen LogP contribution in [0.1, 0.15) is 51.6 Å². The highest BCUT2D eigenvalue weighted by molar-refractivity contribution is 9.10. The smallest absolute Gasteiger partial charge is 0.338 e. The van der Waals surface area contributed by atoms with Crippen molar-refractivity contribution in [2.75, 3.05) is 13.2 Å². The van der Waals surface area contributed by atoms with Gasteiger partial charge in [0, 0.05) is 5.70 Å². The van der Waals surface area contributed by atoms with Crippen molar-refractivity contribution < 1.29 is 19.1 Å². The standard InChI is InChI=1S/C19H25BrN2O4/c1-4-7-8-14-16(18(23)26-6-3)17(22-19(24)21-14)12-9-10-15(25-5-2)13(20)11-12/h9-11,17H,4-8H2,1-3H3,(H2,21,22,24). The second kappa shape index (κ2) is 9.62. The zero-order chi connectivity index (χ0) is 19.1. The van der Waals surface area contributed by atoms with E-state index >= 15 is 0 Å². The first-order valence-electron chi connectivity index (χ1n) is 8.91. The Labute approximate surface area is 162 Å². The van der Waals surface area contributed by atoms with E-state index in [1.54, 1.807) is 6.92 Å². The highest BCUT2D eigenvalue weighted by Gasteiger charge is 2.33. The molecule has 26 heavy (non-hydrogen) atoms. The number of benzene rings is 1. The Bertz CT molecular complexity index is 703. The number of allylic oxidation sites excluding steroid dienone is 1. The van der Waals surface area contributed by atoms with Crippen LogP contribution >= 0.6 is 15.9 Å². The number of unbranched alkanes of at least 4 members (excludes halogenated alkanes) is 1. The summed E-state index contributed by atoms with van der Waals surface area (Å²) in [5.41, 5.74) is 1.87. The van der Waals surface area contributed by atoms with Gasteiger partial charge in [0.15, 0.2) is 0 Å². The van der Waals surface area contributed by atoms with Crippen molar-refractivity contribution in [2.45, 2.75) is 46.1 Å². The third kappa shape index (κ3) is 4.78. The van der Waals surface area contributed by atoms with Crippen LogP contribution in [0.25, 0.3) is 0 Å². The second-order valence-corrected chi connectivity index (χ2v) is 6.72. The van der Waals surface area contributed by atoms with Crippen molar-refractivity contribution >= 4 is 27.9 Å². The van der Waals surface area contributed by atoms with Gasteiger partial charge < -0.3 is 20.1 Å². The molecule has 0 saturated heterocycles. The predicted octanol–water partition coefficient (Wildman–Crippen LogP) is 4.21. The van der Waals surface area contributed by atoms with Gasteiger partial charge >= 0.3 is 12.0 Å². The molecule has 1 aromatic carbocycles. The van der Waals surface area contributed by atoms with E-state index in [4.69, 9.17) is 9.47 Å². The Hall–Kier alpha value is -2.02. The number of halogens is 1. The minimum atomic E-state index is -0.568. The van der Waals surface area contributed by atoms with Crippen LogP contribution in [-0.2, 0) is 9.53 Å². The number of urea groups is 1. The van der Waals surface area contributed by atoms with Crippen molar-refractivity contribution in [3.63, 3.8) is 0 Å². The number of carbonyl (C=O) groups excluding carboxylic acids is 2. The summed E-state index contributed by atoms with van der Waals surface area (Å²) in [7, 11) is 0. The summed E-state index contributed by atoms with van der Waals surface area (Å²) in [4.78, 5) is 24.8. The Balaban J connectivity index is 2.46. The molecule has 1 atom stereocenters. The number of carbonyl (C=O) groups is 2. The SMILES string of the molecule is CCCCC1=C(C(=O)OCC)C(c2ccc(OCC)c(Br)c2)NC(=O)N1. The van der Waals surface area contributed by atoms with E-state index in [1.807, 2.05) is 25.1 Å². The molecule has 6 nitrogen and oxygen atoms in total. The Morgan fingerprint density at radius 1 is 1.23 bits per heavy atom. The number of hydrogen-bond donors (Lipinski definition) is 2. The average molecular weight is 425 g/mol. The van der Waals surface area contributed by atoms with E-state index < -0.39 is 12.0 Å². The number of ether oxygens (including phenoxy) is 2. The highest BCUT2D eigenvalue weighted by Crippen LogP contribution is 2.34. The van der Waals surface area contributed by atoms with Crippen LogP contribution in [0.4, 0.5) is 4.79 Å². The van der Waals surface area contributed by atoms with Gasteiger partial charge in [-0.3, -0.25) is 0 Å². The lowest BCUT2D eigenvalue weighted by Crippen LogP contribution is -2.46. The predicted molar refractivity (Wildman–Crippen MR) is 103 cm³/mol. The van der Waals surface area contributed by atoms with Crippen LogP contribution in [0.3, 0.4) is 0 Å². The van der Waals surface area contributed by atoms with Crippen LogP contribution < -0.4 is 15.4 Å². The lowest BCUT2D eigenvalue weighted by Gasteiger charge is -2.29. The third-order valence-corrected chi connectivity index (χ3v) is 4.64. The molecule has 1 heterocycles. The van der Waals surface area contributed by atoms with Crippen molar-refractivity contribution in [1.29, 1.82) is 0 Å². The topological polar surface area (TPSA) is 76.7 Å². The number of esters is 1. The first-order chi connectivity index (χ1) is 12.5. The maximum absolute atomic E-state index is 12.6. The lowest BCUT2D eigenvalue weighted by molar-refractivity contribution is -0.139. The average Bonchev–Trinajstić information content (AvgIpc) is 2.61. The van der Waals surface area contributed by atoms with Gasteiger partial charge in [-0.25, -0.2) is 9.59 Å². The van der Waals surface area contributed by atoms with Crippen LogP contribution in [0.15, 0.2) is 33.9 Å². The molecule has 2 N–H and O–H groups in total. The van der Waals surface area contributed by atoms with Crippen LogP contribution in [0.5, 0.6) is 5.75 Å². The zero-order valence-corrected chi connectivity index (χ0v) is 16.9. The van der Waals surface area contributed by atoms with Gasteiger partial charge in [0.1, 0.15) is 5.75 Å². The summed E-state index contributed by atoms with van der Waals surface area (Å²) in [5.74, 6) is 0.297. The fourth-order valence-corrected chi connectivity index (χ4v) is 3.35. The van der Waals surface area contributed by atoms with Crippen LogP contribution in [0, 0.1) is 0 Å². The lowest BCUT2D eigenvalue weighted by atomic mass is 9.93. The fourth-order valence-electron chi connectivity index (χ4n) is 2.84. The minimum absolute atomic E-state index is 0.275. The largest absolute Gasteiger partial charge is 0.493 e. The molecule has 1 unspecified atom stereocenters. The van der Waals surface area contributed by atoms with E-state index in [0.29, 0.717) is 30.0 Å². The van der Waals surface area contributed by atoms with Crippen molar-refractivity contribution in [3.8, 4) is 5.75 Å². The van der Waals surface area contributed by atoms with Crippen molar-refractivity contribution in [1.82, 2.24) is 10.6 Å². The summed E-state index contributed by atoms with van der Waals surface area (Å²) in [5, 5.41) is 5.62. The fraction of sp³-hybridized carbons (Fsp3) is 0.474. The molecule has 7 heteroatoms. The first-order valence-corrected chi connectivity index (χ1v) is 9.70. The summed E-state index contributed by atoms with van der Waals surface area (Å²) in [6, 6.07) is 4.65. The molecule has 0 spiro atoms. The summed E-state index contributed by atoms with van der Waals surface area (Å²) in [6.07, 6.45) is 2.45. The second-order valence-electron chi connectivity index (χ2n) is 5.87. The molecule has 1 aliphatic heterocycles. The van der Waals surface area contributed by atoms with Gasteiger partial charge in [-0.15, -0.1) is 0 Å². The molecule has 142 valence electrons. The van der Waals surface area contributed by atoms with Crippen LogP contribution in [0.2, 0.25) is 0 Å². The van der Waals surface area contributed by atoms with E-state index in [2.05, 4.69) is 33.5 Å². The highest BCUT2D eigenvalue weighted by atomic mass is 79.9. The quantitative estimate of drug-likeness (QED) is 0.612. The van der Waals surface area contributed by atoms with Gasteiger partial charge in [0.2, 0.25) is 0 Å². The Kier molecular flexibility index (Phi) is 7.50. The molecule has 0 aliphatic carbocycles. The summed E-state index contributed by atoms with van der Waals surface area (Å²) in [6.45, 7) is 6.57. The molecule has 0 aromatic heterocycles. The van der Waals surface area contributed by atoms with Crippen molar-refractivity contribution in [2.24, 2.45) is 0 Å². The van der Waals surface area contributed by atoms with Gasteiger partial charge in [-0.1, -0.05) is 19.4 Å². The van der Waals surface area contributed by atoms with Crippen molar-refractivity contribution in [3.05, 3.63) is 39.5 Å². The molecule has 1 aliphatic rings. The summed E-state index contributed by atoms with van der Waals surface area (Å²) < 4.78 is 11.6. The van der Waals surface area contributed by atoms with E-state index in [1.165, 1.54) is 0 Å². The number of rotatable bonds is 8. The molecule has 2 rings (SSSR count). The third-order valence-electron chi connectivity index (χ3n) is 4.02. The zero-order valence-electron chi connectivity index (χ0n) is 15.4. The van der Waals surface area contributed by atoms with Crippen LogP contribution in [-0.4, -0.2) is 25.2 Å². The molecule has 2 amide bonds. The maximum Gasteiger partial charge on any atom is 0.338 e. The monoisotopic (exact) mass is 424 g/mol. The molecule has 1 aromatic rings. The molecule has 0 saturated carbocycles. The van der Waals surface area contributed by atoms with E-state index in [-0.39, 0.29) is 12.6 Å². The molecular weight excluding hydrogens is 400 g/mol. The molecule has 0 fully saturated rings. The number of nitrogens with one attached hydrogen (secondary N) is 2.